The summed E-state index contributed by atoms with van der Waals surface area (Å²) in [4.78, 5) is 49.6. The summed E-state index contributed by atoms with van der Waals surface area (Å²) in [6.07, 6.45) is 6.05. The van der Waals surface area contributed by atoms with Gasteiger partial charge in [-0.1, -0.05) is 12.1 Å². The minimum atomic E-state index is -1.15. The Kier molecular flexibility index (Phi) is 7.46. The van der Waals surface area contributed by atoms with E-state index in [9.17, 15) is 14.4 Å². The van der Waals surface area contributed by atoms with Crippen molar-refractivity contribution in [2.45, 2.75) is 13.1 Å². The van der Waals surface area contributed by atoms with Crippen LogP contribution in [0.25, 0.3) is 11.0 Å². The molecule has 4 aromatic rings. The number of hydrogen-bond acceptors (Lipinski definition) is 8. The average molecular weight is 489 g/mol. The number of nitrogens with zero attached hydrogens (tertiary/aromatic N) is 3. The minimum absolute atomic E-state index is 0.0265. The molecule has 3 aromatic heterocycles. The highest BCUT2D eigenvalue weighted by molar-refractivity contribution is 6.08. The van der Waals surface area contributed by atoms with Gasteiger partial charge in [-0.2, -0.15) is 0 Å². The predicted molar refractivity (Wildman–Crippen MR) is 130 cm³/mol. The molecule has 0 unspecified atom stereocenters. The molecular weight excluding hydrogens is 466 g/mol. The zero-order chi connectivity index (χ0) is 25.5. The first kappa shape index (κ1) is 24.3. The number of hydrogen-bond donors (Lipinski definition) is 5. The van der Waals surface area contributed by atoms with Crippen molar-refractivity contribution in [1.82, 2.24) is 30.6 Å². The highest BCUT2D eigenvalue weighted by Crippen LogP contribution is 2.28. The molecule has 5 rings (SSSR count). The van der Waals surface area contributed by atoms with Crippen LogP contribution in [0.15, 0.2) is 55.2 Å². The van der Waals surface area contributed by atoms with Crippen molar-refractivity contribution >= 4 is 34.5 Å². The second kappa shape index (κ2) is 11.1. The number of nitrogens with one attached hydrogen (secondary N) is 4. The van der Waals surface area contributed by atoms with E-state index >= 15 is 0 Å². The number of carbonyl (C=O) groups excluding carboxylic acids is 2. The second-order valence-corrected chi connectivity index (χ2v) is 7.70. The largest absolute Gasteiger partial charge is 0.482 e. The normalized spacial score (nSPS) is 12.0. The van der Waals surface area contributed by atoms with Crippen molar-refractivity contribution in [2.24, 2.45) is 0 Å². The van der Waals surface area contributed by atoms with Gasteiger partial charge in [-0.15, -0.1) is 0 Å². The number of fused-ring (bicyclic) bond motifs is 2. The quantitative estimate of drug-likeness (QED) is 0.270. The number of aromatic nitrogens is 4. The molecule has 1 aliphatic heterocycles. The van der Waals surface area contributed by atoms with E-state index < -0.39 is 11.9 Å². The van der Waals surface area contributed by atoms with Crippen molar-refractivity contribution < 1.29 is 24.2 Å². The number of aromatic carboxylic acids is 1. The van der Waals surface area contributed by atoms with Gasteiger partial charge in [0.15, 0.2) is 12.3 Å². The number of benzene rings is 1. The van der Waals surface area contributed by atoms with E-state index in [0.29, 0.717) is 11.4 Å². The lowest BCUT2D eigenvalue weighted by Gasteiger charge is -2.18. The Morgan fingerprint density at radius 1 is 1.17 bits per heavy atom. The number of ether oxygens (including phenoxy) is 1. The van der Waals surface area contributed by atoms with Gasteiger partial charge in [0.2, 0.25) is 0 Å². The van der Waals surface area contributed by atoms with Gasteiger partial charge in [0.05, 0.1) is 11.2 Å². The summed E-state index contributed by atoms with van der Waals surface area (Å²) in [6.45, 7) is 1.05. The van der Waals surface area contributed by atoms with Gasteiger partial charge in [0.1, 0.15) is 23.2 Å². The lowest BCUT2D eigenvalue weighted by atomic mass is 10.1. The van der Waals surface area contributed by atoms with E-state index in [1.807, 2.05) is 25.4 Å². The van der Waals surface area contributed by atoms with Crippen LogP contribution in [0.4, 0.5) is 5.69 Å². The van der Waals surface area contributed by atoms with Gasteiger partial charge in [0.25, 0.3) is 11.8 Å². The van der Waals surface area contributed by atoms with Crippen LogP contribution in [0.2, 0.25) is 0 Å². The fourth-order valence-electron chi connectivity index (χ4n) is 3.49. The number of carbonyl (C=O) groups is 3. The third-order valence-corrected chi connectivity index (χ3v) is 5.14. The summed E-state index contributed by atoms with van der Waals surface area (Å²) in [5.41, 5.74) is 2.93. The zero-order valence-electron chi connectivity index (χ0n) is 19.2. The van der Waals surface area contributed by atoms with Crippen molar-refractivity contribution in [1.29, 1.82) is 0 Å². The van der Waals surface area contributed by atoms with E-state index in [4.69, 9.17) is 9.84 Å². The Bertz CT molecular complexity index is 1400. The number of H-pyrrole nitrogens is 1. The number of pyridine rings is 1. The number of anilines is 1. The van der Waals surface area contributed by atoms with Crippen molar-refractivity contribution in [3.63, 3.8) is 0 Å². The molecule has 12 nitrogen and oxygen atoms in total. The average Bonchev–Trinajstić information content (AvgIpc) is 3.33. The first-order valence-electron chi connectivity index (χ1n) is 10.9. The van der Waals surface area contributed by atoms with Crippen LogP contribution in [0.3, 0.4) is 0 Å². The maximum Gasteiger partial charge on any atom is 0.339 e. The Balaban J connectivity index is 0.000000286. The Hall–Kier alpha value is -4.84. The minimum Gasteiger partial charge on any atom is -0.482 e. The van der Waals surface area contributed by atoms with E-state index in [1.54, 1.807) is 24.4 Å². The lowest BCUT2D eigenvalue weighted by Crippen LogP contribution is -2.26. The fraction of sp³-hybridized carbons (Fsp3) is 0.167. The monoisotopic (exact) mass is 489 g/mol. The first-order chi connectivity index (χ1) is 17.5. The molecule has 0 saturated heterocycles. The summed E-state index contributed by atoms with van der Waals surface area (Å²) in [5.74, 6) is -1.31. The third-order valence-electron chi connectivity index (χ3n) is 5.14. The van der Waals surface area contributed by atoms with Gasteiger partial charge in [0, 0.05) is 31.7 Å². The molecular formula is C24H23N7O5. The smallest absolute Gasteiger partial charge is 0.339 e. The van der Waals surface area contributed by atoms with E-state index in [2.05, 4.69) is 35.9 Å². The number of rotatable bonds is 6. The summed E-state index contributed by atoms with van der Waals surface area (Å²) in [7, 11) is 1.92. The molecule has 0 radical (unpaired) electrons. The van der Waals surface area contributed by atoms with Crippen molar-refractivity contribution in [3.05, 3.63) is 77.6 Å². The van der Waals surface area contributed by atoms with Gasteiger partial charge in [-0.25, -0.2) is 14.8 Å². The van der Waals surface area contributed by atoms with Crippen molar-refractivity contribution in [3.8, 4) is 5.75 Å². The Morgan fingerprint density at radius 3 is 2.78 bits per heavy atom. The molecule has 4 heterocycles. The molecule has 0 aliphatic carbocycles. The van der Waals surface area contributed by atoms with Gasteiger partial charge in [-0.3, -0.25) is 14.6 Å². The molecule has 36 heavy (non-hydrogen) atoms. The van der Waals surface area contributed by atoms with Crippen LogP contribution < -0.4 is 20.7 Å². The number of carboxylic acid groups (broad SMARTS) is 1. The maximum atomic E-state index is 12.5. The van der Waals surface area contributed by atoms with E-state index in [0.717, 1.165) is 18.4 Å². The summed E-state index contributed by atoms with van der Waals surface area (Å²) in [6, 6.07) is 9.17. The van der Waals surface area contributed by atoms with Crippen molar-refractivity contribution in [2.75, 3.05) is 19.0 Å². The van der Waals surface area contributed by atoms with Crippen LogP contribution in [0, 0.1) is 0 Å². The van der Waals surface area contributed by atoms with Crippen LogP contribution in [-0.2, 0) is 17.9 Å². The van der Waals surface area contributed by atoms with Crippen LogP contribution >= 0.6 is 0 Å². The molecule has 2 amide bonds. The maximum absolute atomic E-state index is 12.5. The van der Waals surface area contributed by atoms with Gasteiger partial charge < -0.3 is 30.8 Å². The Morgan fingerprint density at radius 2 is 2.03 bits per heavy atom. The molecule has 0 saturated carbocycles. The van der Waals surface area contributed by atoms with Crippen LogP contribution in [-0.4, -0.2) is 56.5 Å². The Labute approximate surface area is 205 Å². The molecule has 0 fully saturated rings. The number of carboxylic acids is 1. The summed E-state index contributed by atoms with van der Waals surface area (Å²) >= 11 is 0. The lowest BCUT2D eigenvalue weighted by molar-refractivity contribution is -0.118. The molecule has 0 spiro atoms. The molecule has 1 aromatic carbocycles. The highest BCUT2D eigenvalue weighted by atomic mass is 16.5. The molecule has 1 aliphatic rings. The van der Waals surface area contributed by atoms with Gasteiger partial charge in [-0.05, 0) is 36.4 Å². The van der Waals surface area contributed by atoms with E-state index in [-0.39, 0.29) is 41.3 Å². The van der Waals surface area contributed by atoms with Gasteiger partial charge >= 0.3 is 5.97 Å². The zero-order valence-corrected chi connectivity index (χ0v) is 19.2. The number of amides is 2. The van der Waals surface area contributed by atoms with E-state index in [1.165, 1.54) is 11.8 Å². The predicted octanol–water partition coefficient (Wildman–Crippen LogP) is 1.72. The molecule has 5 N–H and O–H groups in total. The molecule has 0 atom stereocenters. The highest BCUT2D eigenvalue weighted by Gasteiger charge is 2.20. The fourth-order valence-corrected chi connectivity index (χ4v) is 3.49. The molecule has 12 heteroatoms. The second-order valence-electron chi connectivity index (χ2n) is 7.70. The topological polar surface area (TPSA) is 171 Å². The van der Waals surface area contributed by atoms with Crippen LogP contribution in [0.1, 0.15) is 32.0 Å². The summed E-state index contributed by atoms with van der Waals surface area (Å²) in [5, 5.41) is 17.6. The number of aromatic amines is 1. The first-order valence-corrected chi connectivity index (χ1v) is 10.9. The summed E-state index contributed by atoms with van der Waals surface area (Å²) < 4.78 is 5.29. The van der Waals surface area contributed by atoms with Crippen LogP contribution in [0.5, 0.6) is 5.75 Å². The molecule has 184 valence electrons. The standard InChI is InChI=1S/C17H13N5O5.C7H10N2/c23-12-6-27-11-2-1-8(3-10(11)22-12)4-19-16(24)15-14-13(20-7-21-15)9(5-18-14)17(25)26;1-8-5-7-3-2-4-9-6-7/h1-3,5,7,18H,4,6H2,(H,19,24)(H,22,23)(H,25,26);2-4,6,8H,5H2,1H3. The third kappa shape index (κ3) is 5.62. The molecule has 0 bridgehead atoms. The SMILES string of the molecule is CNCc1cccnc1.O=C1COc2ccc(CNC(=O)c3ncnc4c(C(=O)O)c[nH]c34)cc2N1.